The Bertz CT molecular complexity index is 174. The van der Waals surface area contributed by atoms with Crippen LogP contribution in [-0.2, 0) is 9.53 Å². The van der Waals surface area contributed by atoms with Gasteiger partial charge < -0.3 is 10.5 Å². The highest BCUT2D eigenvalue weighted by molar-refractivity contribution is 5.78. The van der Waals surface area contributed by atoms with Gasteiger partial charge in [0.25, 0.3) is 0 Å². The monoisotopic (exact) mass is 185 g/mol. The highest BCUT2D eigenvalue weighted by Crippen LogP contribution is 2.26. The van der Waals surface area contributed by atoms with Crippen molar-refractivity contribution in [2.75, 3.05) is 6.61 Å². The molecule has 0 radical (unpaired) electrons. The molecule has 0 saturated carbocycles. The van der Waals surface area contributed by atoms with Gasteiger partial charge in [-0.2, -0.15) is 0 Å². The molecule has 3 atom stereocenters. The molecule has 1 aliphatic rings. The van der Waals surface area contributed by atoms with Crippen LogP contribution in [-0.4, -0.2) is 18.6 Å². The predicted molar refractivity (Wildman–Crippen MR) is 51.1 cm³/mol. The topological polar surface area (TPSA) is 52.3 Å². The van der Waals surface area contributed by atoms with Gasteiger partial charge in [0.05, 0.1) is 6.61 Å². The summed E-state index contributed by atoms with van der Waals surface area (Å²) in [4.78, 5) is 10.8. The van der Waals surface area contributed by atoms with Crippen molar-refractivity contribution >= 4 is 5.91 Å². The first-order valence-electron chi connectivity index (χ1n) is 5.06. The summed E-state index contributed by atoms with van der Waals surface area (Å²) in [6.45, 7) is 5.12. The Balaban J connectivity index is 2.34. The van der Waals surface area contributed by atoms with Crippen LogP contribution in [0.25, 0.3) is 0 Å². The molecular formula is C10H19NO2. The molecule has 13 heavy (non-hydrogen) atoms. The van der Waals surface area contributed by atoms with E-state index in [-0.39, 0.29) is 12.0 Å². The van der Waals surface area contributed by atoms with E-state index in [9.17, 15) is 4.79 Å². The summed E-state index contributed by atoms with van der Waals surface area (Å²) in [5, 5.41) is 0. The number of hydrogen-bond donors (Lipinski definition) is 1. The van der Waals surface area contributed by atoms with Gasteiger partial charge in [-0.05, 0) is 24.7 Å². The Morgan fingerprint density at radius 3 is 2.69 bits per heavy atom. The molecule has 0 aromatic carbocycles. The van der Waals surface area contributed by atoms with Gasteiger partial charge in [-0.15, -0.1) is 0 Å². The van der Waals surface area contributed by atoms with E-state index in [1.165, 1.54) is 6.42 Å². The van der Waals surface area contributed by atoms with Crippen molar-refractivity contribution in [1.82, 2.24) is 0 Å². The van der Waals surface area contributed by atoms with Gasteiger partial charge >= 0.3 is 0 Å². The third-order valence-corrected chi connectivity index (χ3v) is 3.08. The van der Waals surface area contributed by atoms with Gasteiger partial charge in [0.1, 0.15) is 6.10 Å². The molecule has 3 nitrogen and oxygen atoms in total. The molecular weight excluding hydrogens is 166 g/mol. The number of ether oxygens (including phenoxy) is 1. The van der Waals surface area contributed by atoms with Crippen molar-refractivity contribution in [3.05, 3.63) is 0 Å². The standard InChI is InChI=1S/C10H19NO2/c1-3-7(2)8-4-5-9(10(11)12)13-6-8/h7-9H,3-6H2,1-2H3,(H2,11,12). The highest BCUT2D eigenvalue weighted by Gasteiger charge is 2.27. The van der Waals surface area contributed by atoms with Crippen LogP contribution in [0.2, 0.25) is 0 Å². The van der Waals surface area contributed by atoms with Crippen LogP contribution in [0.5, 0.6) is 0 Å². The largest absolute Gasteiger partial charge is 0.368 e. The number of rotatable bonds is 3. The second kappa shape index (κ2) is 4.61. The molecule has 76 valence electrons. The number of carbonyl (C=O) groups excluding carboxylic acids is 1. The average molecular weight is 185 g/mol. The summed E-state index contributed by atoms with van der Waals surface area (Å²) in [5.41, 5.74) is 5.16. The molecule has 1 amide bonds. The van der Waals surface area contributed by atoms with Crippen LogP contribution in [0.4, 0.5) is 0 Å². The van der Waals surface area contributed by atoms with Gasteiger partial charge in [-0.3, -0.25) is 4.79 Å². The molecule has 0 spiro atoms. The molecule has 0 aromatic heterocycles. The Morgan fingerprint density at radius 1 is 1.62 bits per heavy atom. The summed E-state index contributed by atoms with van der Waals surface area (Å²) in [5.74, 6) is 0.983. The summed E-state index contributed by atoms with van der Waals surface area (Å²) in [7, 11) is 0. The van der Waals surface area contributed by atoms with Crippen LogP contribution < -0.4 is 5.73 Å². The minimum atomic E-state index is -0.333. The maximum absolute atomic E-state index is 10.8. The van der Waals surface area contributed by atoms with E-state index in [0.29, 0.717) is 18.4 Å². The van der Waals surface area contributed by atoms with Crippen molar-refractivity contribution in [1.29, 1.82) is 0 Å². The predicted octanol–water partition coefficient (Wildman–Crippen LogP) is 1.31. The van der Waals surface area contributed by atoms with Crippen LogP contribution in [0.15, 0.2) is 0 Å². The minimum Gasteiger partial charge on any atom is -0.368 e. The van der Waals surface area contributed by atoms with Gasteiger partial charge in [-0.25, -0.2) is 0 Å². The summed E-state index contributed by atoms with van der Waals surface area (Å²) >= 11 is 0. The van der Waals surface area contributed by atoms with Crippen molar-refractivity contribution in [2.24, 2.45) is 17.6 Å². The van der Waals surface area contributed by atoms with Crippen LogP contribution in [0.3, 0.4) is 0 Å². The molecule has 1 rings (SSSR count). The van der Waals surface area contributed by atoms with E-state index in [4.69, 9.17) is 10.5 Å². The summed E-state index contributed by atoms with van der Waals surface area (Å²) in [6.07, 6.45) is 2.71. The van der Waals surface area contributed by atoms with Crippen molar-refractivity contribution in [3.63, 3.8) is 0 Å². The van der Waals surface area contributed by atoms with E-state index >= 15 is 0 Å². The maximum Gasteiger partial charge on any atom is 0.246 e. The van der Waals surface area contributed by atoms with Crippen LogP contribution in [0.1, 0.15) is 33.1 Å². The fourth-order valence-corrected chi connectivity index (χ4v) is 1.78. The molecule has 0 aromatic rings. The number of carbonyl (C=O) groups is 1. The molecule has 2 N–H and O–H groups in total. The SMILES string of the molecule is CCC(C)C1CCC(C(N)=O)OC1. The lowest BCUT2D eigenvalue weighted by molar-refractivity contribution is -0.135. The van der Waals surface area contributed by atoms with Gasteiger partial charge in [0.2, 0.25) is 5.91 Å². The number of primary amides is 1. The van der Waals surface area contributed by atoms with E-state index in [1.807, 2.05) is 0 Å². The van der Waals surface area contributed by atoms with Gasteiger partial charge in [0, 0.05) is 0 Å². The first-order valence-corrected chi connectivity index (χ1v) is 5.06. The van der Waals surface area contributed by atoms with Crippen molar-refractivity contribution < 1.29 is 9.53 Å². The molecule has 1 heterocycles. The zero-order valence-electron chi connectivity index (χ0n) is 8.45. The lowest BCUT2D eigenvalue weighted by Gasteiger charge is -2.30. The molecule has 1 saturated heterocycles. The van der Waals surface area contributed by atoms with Crippen molar-refractivity contribution in [2.45, 2.75) is 39.2 Å². The summed E-state index contributed by atoms with van der Waals surface area (Å²) in [6, 6.07) is 0. The molecule has 0 aliphatic carbocycles. The first-order chi connectivity index (χ1) is 6.15. The second-order valence-electron chi connectivity index (χ2n) is 3.95. The smallest absolute Gasteiger partial charge is 0.246 e. The van der Waals surface area contributed by atoms with Crippen LogP contribution >= 0.6 is 0 Å². The number of amides is 1. The molecule has 1 aliphatic heterocycles. The Labute approximate surface area is 79.6 Å². The second-order valence-corrected chi connectivity index (χ2v) is 3.95. The maximum atomic E-state index is 10.8. The van der Waals surface area contributed by atoms with E-state index < -0.39 is 0 Å². The van der Waals surface area contributed by atoms with E-state index in [2.05, 4.69) is 13.8 Å². The molecule has 0 bridgehead atoms. The highest BCUT2D eigenvalue weighted by atomic mass is 16.5. The van der Waals surface area contributed by atoms with E-state index in [0.717, 1.165) is 12.8 Å². The summed E-state index contributed by atoms with van der Waals surface area (Å²) < 4.78 is 5.40. The fraction of sp³-hybridized carbons (Fsp3) is 0.900. The quantitative estimate of drug-likeness (QED) is 0.720. The number of nitrogens with two attached hydrogens (primary N) is 1. The van der Waals surface area contributed by atoms with Gasteiger partial charge in [-0.1, -0.05) is 20.3 Å². The Kier molecular flexibility index (Phi) is 3.72. The fourth-order valence-electron chi connectivity index (χ4n) is 1.78. The van der Waals surface area contributed by atoms with Crippen molar-refractivity contribution in [3.8, 4) is 0 Å². The van der Waals surface area contributed by atoms with Gasteiger partial charge in [0.15, 0.2) is 0 Å². The lowest BCUT2D eigenvalue weighted by Crippen LogP contribution is -2.38. The van der Waals surface area contributed by atoms with E-state index in [1.54, 1.807) is 0 Å². The Hall–Kier alpha value is -0.570. The lowest BCUT2D eigenvalue weighted by atomic mass is 9.86. The first kappa shape index (κ1) is 10.5. The average Bonchev–Trinajstić information content (AvgIpc) is 2.17. The molecule has 1 fully saturated rings. The molecule has 3 heteroatoms. The number of hydrogen-bond acceptors (Lipinski definition) is 2. The normalized spacial score (nSPS) is 31.2. The third-order valence-electron chi connectivity index (χ3n) is 3.08. The zero-order chi connectivity index (χ0) is 9.84. The minimum absolute atomic E-state index is 0.317. The Morgan fingerprint density at radius 2 is 2.31 bits per heavy atom. The van der Waals surface area contributed by atoms with Crippen LogP contribution in [0, 0.1) is 11.8 Å². The third kappa shape index (κ3) is 2.69. The zero-order valence-corrected chi connectivity index (χ0v) is 8.45. The molecule has 3 unspecified atom stereocenters.